The summed E-state index contributed by atoms with van der Waals surface area (Å²) in [4.78, 5) is 0. The zero-order valence-corrected chi connectivity index (χ0v) is 12.3. The third-order valence-corrected chi connectivity index (χ3v) is 3.36. The Morgan fingerprint density at radius 1 is 1.15 bits per heavy atom. The third kappa shape index (κ3) is 3.54. The fourth-order valence-electron chi connectivity index (χ4n) is 2.21. The highest BCUT2D eigenvalue weighted by Gasteiger charge is 2.14. The second kappa shape index (κ2) is 7.01. The summed E-state index contributed by atoms with van der Waals surface area (Å²) in [5.74, 6) is 0.542. The molecule has 0 aliphatic heterocycles. The van der Waals surface area contributed by atoms with Crippen LogP contribution >= 0.6 is 0 Å². The van der Waals surface area contributed by atoms with Gasteiger partial charge in [0.1, 0.15) is 0 Å². The SMILES string of the molecule is CCNC(Cc1ccccc1C)c1ccc(OC)nn1. The molecule has 0 aliphatic carbocycles. The fraction of sp³-hybridized carbons (Fsp3) is 0.375. The van der Waals surface area contributed by atoms with Gasteiger partial charge in [0.25, 0.3) is 0 Å². The molecule has 4 nitrogen and oxygen atoms in total. The van der Waals surface area contributed by atoms with Crippen molar-refractivity contribution in [2.75, 3.05) is 13.7 Å². The molecule has 0 amide bonds. The molecule has 1 heterocycles. The average molecular weight is 271 g/mol. The molecule has 20 heavy (non-hydrogen) atoms. The van der Waals surface area contributed by atoms with Gasteiger partial charge in [0, 0.05) is 6.07 Å². The Balaban J connectivity index is 2.19. The number of benzene rings is 1. The summed E-state index contributed by atoms with van der Waals surface area (Å²) >= 11 is 0. The molecule has 0 fully saturated rings. The molecule has 0 bridgehead atoms. The van der Waals surface area contributed by atoms with E-state index in [0.29, 0.717) is 5.88 Å². The van der Waals surface area contributed by atoms with Crippen LogP contribution in [0.5, 0.6) is 5.88 Å². The Morgan fingerprint density at radius 2 is 1.95 bits per heavy atom. The normalized spacial score (nSPS) is 12.2. The predicted molar refractivity (Wildman–Crippen MR) is 79.9 cm³/mol. The van der Waals surface area contributed by atoms with Crippen LogP contribution in [0.2, 0.25) is 0 Å². The summed E-state index contributed by atoms with van der Waals surface area (Å²) in [7, 11) is 1.60. The van der Waals surface area contributed by atoms with Gasteiger partial charge in [-0.3, -0.25) is 0 Å². The van der Waals surface area contributed by atoms with Gasteiger partial charge in [-0.1, -0.05) is 31.2 Å². The molecule has 2 rings (SSSR count). The molecule has 0 saturated carbocycles. The van der Waals surface area contributed by atoms with E-state index < -0.39 is 0 Å². The molecule has 1 aromatic carbocycles. The van der Waals surface area contributed by atoms with Crippen molar-refractivity contribution in [3.05, 3.63) is 53.2 Å². The Labute approximate surface area is 120 Å². The van der Waals surface area contributed by atoms with Gasteiger partial charge in [-0.25, -0.2) is 0 Å². The largest absolute Gasteiger partial charge is 0.480 e. The van der Waals surface area contributed by atoms with Crippen molar-refractivity contribution < 1.29 is 4.74 Å². The number of hydrogen-bond donors (Lipinski definition) is 1. The third-order valence-electron chi connectivity index (χ3n) is 3.36. The maximum absolute atomic E-state index is 5.05. The Bertz CT molecular complexity index is 540. The zero-order valence-electron chi connectivity index (χ0n) is 12.3. The van der Waals surface area contributed by atoms with E-state index in [-0.39, 0.29) is 6.04 Å². The second-order valence-corrected chi connectivity index (χ2v) is 4.74. The number of likely N-dealkylation sites (N-methyl/N-ethyl adjacent to an activating group) is 1. The van der Waals surface area contributed by atoms with E-state index in [4.69, 9.17) is 4.74 Å². The molecule has 0 aliphatic rings. The van der Waals surface area contributed by atoms with Crippen LogP contribution in [0.25, 0.3) is 0 Å². The van der Waals surface area contributed by atoms with Crippen molar-refractivity contribution in [2.24, 2.45) is 0 Å². The van der Waals surface area contributed by atoms with E-state index in [1.807, 2.05) is 12.1 Å². The topological polar surface area (TPSA) is 47.0 Å². The summed E-state index contributed by atoms with van der Waals surface area (Å²) in [5, 5.41) is 11.8. The second-order valence-electron chi connectivity index (χ2n) is 4.74. The number of aromatic nitrogens is 2. The summed E-state index contributed by atoms with van der Waals surface area (Å²) in [5.41, 5.74) is 3.57. The Morgan fingerprint density at radius 3 is 2.55 bits per heavy atom. The Kier molecular flexibility index (Phi) is 5.07. The van der Waals surface area contributed by atoms with Crippen molar-refractivity contribution in [2.45, 2.75) is 26.3 Å². The fourth-order valence-corrected chi connectivity index (χ4v) is 2.21. The lowest BCUT2D eigenvalue weighted by molar-refractivity contribution is 0.389. The lowest BCUT2D eigenvalue weighted by Gasteiger charge is -2.18. The van der Waals surface area contributed by atoms with Crippen LogP contribution in [0.4, 0.5) is 0 Å². The minimum Gasteiger partial charge on any atom is -0.480 e. The van der Waals surface area contributed by atoms with Gasteiger partial charge >= 0.3 is 0 Å². The average Bonchev–Trinajstić information content (AvgIpc) is 2.49. The van der Waals surface area contributed by atoms with Gasteiger partial charge in [-0.15, -0.1) is 5.10 Å². The monoisotopic (exact) mass is 271 g/mol. The maximum Gasteiger partial charge on any atom is 0.233 e. The highest BCUT2D eigenvalue weighted by atomic mass is 16.5. The number of methoxy groups -OCH3 is 1. The molecular formula is C16H21N3O. The molecule has 1 atom stereocenters. The number of aryl methyl sites for hydroxylation is 1. The van der Waals surface area contributed by atoms with Gasteiger partial charge in [0.2, 0.25) is 5.88 Å². The van der Waals surface area contributed by atoms with E-state index in [9.17, 15) is 0 Å². The first-order valence-corrected chi connectivity index (χ1v) is 6.90. The molecular weight excluding hydrogens is 250 g/mol. The van der Waals surface area contributed by atoms with Crippen molar-refractivity contribution in [3.63, 3.8) is 0 Å². The minimum atomic E-state index is 0.166. The first-order chi connectivity index (χ1) is 9.74. The van der Waals surface area contributed by atoms with Crippen LogP contribution in [0, 0.1) is 6.92 Å². The van der Waals surface area contributed by atoms with E-state index in [1.165, 1.54) is 11.1 Å². The number of hydrogen-bond acceptors (Lipinski definition) is 4. The van der Waals surface area contributed by atoms with Gasteiger partial charge in [-0.05, 0) is 37.1 Å². The summed E-state index contributed by atoms with van der Waals surface area (Å²) < 4.78 is 5.05. The summed E-state index contributed by atoms with van der Waals surface area (Å²) in [6.45, 7) is 5.13. The van der Waals surface area contributed by atoms with E-state index in [2.05, 4.69) is 53.6 Å². The molecule has 1 aromatic heterocycles. The number of nitrogens with zero attached hydrogens (tertiary/aromatic N) is 2. The molecule has 0 spiro atoms. The Hall–Kier alpha value is -1.94. The van der Waals surface area contributed by atoms with Gasteiger partial charge < -0.3 is 10.1 Å². The maximum atomic E-state index is 5.05. The highest BCUT2D eigenvalue weighted by molar-refractivity contribution is 5.28. The number of ether oxygens (including phenoxy) is 1. The van der Waals surface area contributed by atoms with Crippen LogP contribution in [-0.2, 0) is 6.42 Å². The summed E-state index contributed by atoms with van der Waals surface area (Å²) in [6.07, 6.45) is 0.904. The number of nitrogens with one attached hydrogen (secondary N) is 1. The lowest BCUT2D eigenvalue weighted by atomic mass is 9.99. The lowest BCUT2D eigenvalue weighted by Crippen LogP contribution is -2.24. The molecule has 0 radical (unpaired) electrons. The van der Waals surface area contributed by atoms with E-state index >= 15 is 0 Å². The molecule has 4 heteroatoms. The number of rotatable bonds is 6. The molecule has 0 saturated heterocycles. The van der Waals surface area contributed by atoms with E-state index in [0.717, 1.165) is 18.7 Å². The summed E-state index contributed by atoms with van der Waals surface area (Å²) in [6, 6.07) is 12.4. The van der Waals surface area contributed by atoms with Gasteiger partial charge in [0.15, 0.2) is 0 Å². The van der Waals surface area contributed by atoms with Crippen LogP contribution < -0.4 is 10.1 Å². The van der Waals surface area contributed by atoms with Crippen molar-refractivity contribution in [3.8, 4) is 5.88 Å². The molecule has 106 valence electrons. The predicted octanol–water partition coefficient (Wildman–Crippen LogP) is 2.69. The molecule has 1 unspecified atom stereocenters. The zero-order chi connectivity index (χ0) is 14.4. The van der Waals surface area contributed by atoms with Gasteiger partial charge in [0.05, 0.1) is 18.8 Å². The first-order valence-electron chi connectivity index (χ1n) is 6.90. The van der Waals surface area contributed by atoms with Crippen LogP contribution in [0.1, 0.15) is 29.8 Å². The van der Waals surface area contributed by atoms with Crippen molar-refractivity contribution in [1.29, 1.82) is 0 Å². The van der Waals surface area contributed by atoms with Crippen molar-refractivity contribution in [1.82, 2.24) is 15.5 Å². The molecule has 1 N–H and O–H groups in total. The van der Waals surface area contributed by atoms with Crippen molar-refractivity contribution >= 4 is 0 Å². The van der Waals surface area contributed by atoms with Crippen LogP contribution in [-0.4, -0.2) is 23.9 Å². The standard InChI is InChI=1S/C16H21N3O/c1-4-17-15(11-13-8-6-5-7-12(13)2)14-9-10-16(20-3)19-18-14/h5-10,15,17H,4,11H2,1-3H3. The smallest absolute Gasteiger partial charge is 0.233 e. The quantitative estimate of drug-likeness (QED) is 0.877. The first kappa shape index (κ1) is 14.5. The van der Waals surface area contributed by atoms with Crippen LogP contribution in [0.3, 0.4) is 0 Å². The van der Waals surface area contributed by atoms with Crippen LogP contribution in [0.15, 0.2) is 36.4 Å². The van der Waals surface area contributed by atoms with E-state index in [1.54, 1.807) is 7.11 Å². The van der Waals surface area contributed by atoms with Gasteiger partial charge in [-0.2, -0.15) is 5.10 Å². The highest BCUT2D eigenvalue weighted by Crippen LogP contribution is 2.19. The molecule has 2 aromatic rings. The minimum absolute atomic E-state index is 0.166.